The maximum atomic E-state index is 13.9. The van der Waals surface area contributed by atoms with Crippen molar-refractivity contribution in [3.05, 3.63) is 68.9 Å². The highest BCUT2D eigenvalue weighted by atomic mass is 32.1. The summed E-state index contributed by atoms with van der Waals surface area (Å²) in [6.45, 7) is 0. The average molecular weight is 426 g/mol. The molecule has 1 heterocycles. The monoisotopic (exact) mass is 426 g/mol. The molecule has 1 N–H and O–H groups in total. The predicted octanol–water partition coefficient (Wildman–Crippen LogP) is 4.85. The fourth-order valence-corrected chi connectivity index (χ4v) is 3.35. The third kappa shape index (κ3) is 4.37. The second-order valence-electron chi connectivity index (χ2n) is 5.84. The number of nitro benzene ring substituents is 1. The third-order valence-electron chi connectivity index (χ3n) is 4.07. The Hall–Kier alpha value is -3.97. The summed E-state index contributed by atoms with van der Waals surface area (Å²) in [5, 5.41) is 25.1. The van der Waals surface area contributed by atoms with Gasteiger partial charge >= 0.3 is 0 Å². The van der Waals surface area contributed by atoms with Crippen LogP contribution >= 0.6 is 11.3 Å². The molecule has 30 heavy (non-hydrogen) atoms. The van der Waals surface area contributed by atoms with E-state index in [1.54, 1.807) is 24.6 Å². The number of ether oxygens (including phenoxy) is 2. The first-order chi connectivity index (χ1) is 14.5. The topological polar surface area (TPSA) is 110 Å². The van der Waals surface area contributed by atoms with E-state index >= 15 is 0 Å². The molecule has 3 aromatic rings. The number of thiazole rings is 1. The second-order valence-corrected chi connectivity index (χ2v) is 6.70. The standard InChI is InChI=1S/C20H15FN4O4S/c1-28-18-6-3-12(7-19(18)29-2)17-11-30-20(24-17)13(9-22)10-23-16-8-14(25(26)27)4-5-15(16)21/h3-8,10-11,23H,1-2H3/b13-10-. The van der Waals surface area contributed by atoms with Gasteiger partial charge in [0.15, 0.2) is 11.5 Å². The third-order valence-corrected chi connectivity index (χ3v) is 4.94. The summed E-state index contributed by atoms with van der Waals surface area (Å²) in [4.78, 5) is 14.7. The highest BCUT2D eigenvalue weighted by molar-refractivity contribution is 7.11. The van der Waals surface area contributed by atoms with E-state index < -0.39 is 10.7 Å². The molecule has 10 heteroatoms. The number of non-ortho nitro benzene ring substituents is 1. The Balaban J connectivity index is 1.87. The molecule has 152 valence electrons. The first-order valence-electron chi connectivity index (χ1n) is 8.46. The zero-order valence-electron chi connectivity index (χ0n) is 15.9. The summed E-state index contributed by atoms with van der Waals surface area (Å²) in [6, 6.07) is 10.4. The quantitative estimate of drug-likeness (QED) is 0.327. The lowest BCUT2D eigenvalue weighted by atomic mass is 10.1. The minimum absolute atomic E-state index is 0.117. The molecule has 0 unspecified atom stereocenters. The zero-order valence-corrected chi connectivity index (χ0v) is 16.7. The van der Waals surface area contributed by atoms with E-state index in [0.29, 0.717) is 22.2 Å². The Kier molecular flexibility index (Phi) is 6.24. The van der Waals surface area contributed by atoms with Gasteiger partial charge in [0, 0.05) is 29.3 Å². The zero-order chi connectivity index (χ0) is 21.7. The number of allylic oxidation sites excluding steroid dienone is 1. The molecular formula is C20H15FN4O4S. The van der Waals surface area contributed by atoms with Gasteiger partial charge in [-0.2, -0.15) is 5.26 Å². The Morgan fingerprint density at radius 1 is 1.27 bits per heavy atom. The lowest BCUT2D eigenvalue weighted by molar-refractivity contribution is -0.384. The minimum atomic E-state index is -0.681. The molecule has 0 saturated carbocycles. The number of nitrogens with one attached hydrogen (secondary N) is 1. The summed E-state index contributed by atoms with van der Waals surface area (Å²) < 4.78 is 24.4. The van der Waals surface area contributed by atoms with Gasteiger partial charge in [-0.25, -0.2) is 9.37 Å². The van der Waals surface area contributed by atoms with Crippen molar-refractivity contribution >= 4 is 28.3 Å². The molecule has 0 aliphatic heterocycles. The Morgan fingerprint density at radius 2 is 2.03 bits per heavy atom. The first kappa shape index (κ1) is 20.8. The van der Waals surface area contributed by atoms with Crippen molar-refractivity contribution < 1.29 is 18.8 Å². The highest BCUT2D eigenvalue weighted by Crippen LogP contribution is 2.33. The molecule has 1 aromatic heterocycles. The van der Waals surface area contributed by atoms with Gasteiger partial charge in [-0.15, -0.1) is 11.3 Å². The van der Waals surface area contributed by atoms with Crippen molar-refractivity contribution in [2.75, 3.05) is 19.5 Å². The predicted molar refractivity (Wildman–Crippen MR) is 111 cm³/mol. The Bertz CT molecular complexity index is 1170. The normalized spacial score (nSPS) is 10.9. The number of anilines is 1. The van der Waals surface area contributed by atoms with Crippen molar-refractivity contribution in [3.8, 4) is 28.8 Å². The largest absolute Gasteiger partial charge is 0.493 e. The van der Waals surface area contributed by atoms with Crippen LogP contribution in [0.25, 0.3) is 16.8 Å². The molecule has 0 bridgehead atoms. The smallest absolute Gasteiger partial charge is 0.271 e. The number of hydrogen-bond acceptors (Lipinski definition) is 8. The average Bonchev–Trinajstić information content (AvgIpc) is 3.24. The maximum absolute atomic E-state index is 13.9. The van der Waals surface area contributed by atoms with E-state index in [1.165, 1.54) is 24.6 Å². The summed E-state index contributed by atoms with van der Waals surface area (Å²) >= 11 is 1.23. The van der Waals surface area contributed by atoms with Gasteiger partial charge in [-0.1, -0.05) is 0 Å². The molecule has 8 nitrogen and oxygen atoms in total. The number of aromatic nitrogens is 1. The number of hydrogen-bond donors (Lipinski definition) is 1. The lowest BCUT2D eigenvalue weighted by Gasteiger charge is -2.08. The molecule has 0 amide bonds. The highest BCUT2D eigenvalue weighted by Gasteiger charge is 2.13. The van der Waals surface area contributed by atoms with Crippen LogP contribution in [0.2, 0.25) is 0 Å². The molecular weight excluding hydrogens is 411 g/mol. The summed E-state index contributed by atoms with van der Waals surface area (Å²) in [5.74, 6) is 0.445. The van der Waals surface area contributed by atoms with Crippen molar-refractivity contribution in [2.24, 2.45) is 0 Å². The van der Waals surface area contributed by atoms with Crippen molar-refractivity contribution in [1.82, 2.24) is 4.98 Å². The van der Waals surface area contributed by atoms with Gasteiger partial charge in [0.25, 0.3) is 5.69 Å². The number of benzene rings is 2. The van der Waals surface area contributed by atoms with Crippen LogP contribution < -0.4 is 14.8 Å². The molecule has 0 fully saturated rings. The molecule has 0 aliphatic rings. The molecule has 3 rings (SSSR count). The summed E-state index contributed by atoms with van der Waals surface area (Å²) in [6.07, 6.45) is 1.26. The summed E-state index contributed by atoms with van der Waals surface area (Å²) in [7, 11) is 3.07. The number of methoxy groups -OCH3 is 2. The second kappa shape index (κ2) is 9.02. The van der Waals surface area contributed by atoms with E-state index in [9.17, 15) is 19.8 Å². The molecule has 0 aliphatic carbocycles. The van der Waals surface area contributed by atoms with Crippen LogP contribution in [0, 0.1) is 27.3 Å². The number of nitriles is 1. The van der Waals surface area contributed by atoms with Crippen LogP contribution in [0.5, 0.6) is 11.5 Å². The van der Waals surface area contributed by atoms with E-state index in [2.05, 4.69) is 10.3 Å². The number of nitro groups is 1. The Labute approximate surface area is 175 Å². The van der Waals surface area contributed by atoms with Gasteiger partial charge in [0.2, 0.25) is 0 Å². The van der Waals surface area contributed by atoms with Crippen LogP contribution in [0.4, 0.5) is 15.8 Å². The number of halogens is 1. The van der Waals surface area contributed by atoms with Gasteiger partial charge in [0.1, 0.15) is 22.5 Å². The molecule has 2 aromatic carbocycles. The number of rotatable bonds is 7. The maximum Gasteiger partial charge on any atom is 0.271 e. The van der Waals surface area contributed by atoms with Gasteiger partial charge in [-0.3, -0.25) is 10.1 Å². The van der Waals surface area contributed by atoms with Crippen molar-refractivity contribution in [3.63, 3.8) is 0 Å². The van der Waals surface area contributed by atoms with E-state index in [-0.39, 0.29) is 16.9 Å². The molecule has 0 atom stereocenters. The number of nitrogens with zero attached hydrogens (tertiary/aromatic N) is 3. The molecule has 0 spiro atoms. The van der Waals surface area contributed by atoms with E-state index in [4.69, 9.17) is 9.47 Å². The van der Waals surface area contributed by atoms with Crippen molar-refractivity contribution in [2.45, 2.75) is 0 Å². The summed E-state index contributed by atoms with van der Waals surface area (Å²) in [5.41, 5.74) is 1.16. The fraction of sp³-hybridized carbons (Fsp3) is 0.100. The Morgan fingerprint density at radius 3 is 2.70 bits per heavy atom. The van der Waals surface area contributed by atoms with Crippen LogP contribution in [0.15, 0.2) is 48.0 Å². The first-order valence-corrected chi connectivity index (χ1v) is 9.33. The van der Waals surface area contributed by atoms with E-state index in [0.717, 1.165) is 23.8 Å². The van der Waals surface area contributed by atoms with Crippen LogP contribution in [-0.2, 0) is 0 Å². The van der Waals surface area contributed by atoms with Gasteiger partial charge < -0.3 is 14.8 Å². The van der Waals surface area contributed by atoms with Crippen LogP contribution in [0.3, 0.4) is 0 Å². The van der Waals surface area contributed by atoms with Gasteiger partial charge in [-0.05, 0) is 24.3 Å². The fourth-order valence-electron chi connectivity index (χ4n) is 2.55. The minimum Gasteiger partial charge on any atom is -0.493 e. The van der Waals surface area contributed by atoms with Crippen molar-refractivity contribution in [1.29, 1.82) is 5.26 Å². The molecule has 0 saturated heterocycles. The van der Waals surface area contributed by atoms with Crippen LogP contribution in [0.1, 0.15) is 5.01 Å². The van der Waals surface area contributed by atoms with Crippen LogP contribution in [-0.4, -0.2) is 24.1 Å². The van der Waals surface area contributed by atoms with Gasteiger partial charge in [0.05, 0.1) is 30.5 Å². The lowest BCUT2D eigenvalue weighted by Crippen LogP contribution is -1.96. The van der Waals surface area contributed by atoms with E-state index in [1.807, 2.05) is 12.1 Å². The molecule has 0 radical (unpaired) electrons. The SMILES string of the molecule is COc1ccc(-c2csc(/C(C#N)=C\Nc3cc([N+](=O)[O-])ccc3F)n2)cc1OC.